The van der Waals surface area contributed by atoms with Crippen molar-refractivity contribution in [3.8, 4) is 17.3 Å². The van der Waals surface area contributed by atoms with E-state index in [9.17, 15) is 14.4 Å². The van der Waals surface area contributed by atoms with Crippen molar-refractivity contribution >= 4 is 28.5 Å². The molecule has 0 saturated carbocycles. The van der Waals surface area contributed by atoms with Crippen molar-refractivity contribution in [2.24, 2.45) is 0 Å². The summed E-state index contributed by atoms with van der Waals surface area (Å²) in [4.78, 5) is 44.4. The molecule has 5 heterocycles. The highest BCUT2D eigenvalue weighted by Crippen LogP contribution is 2.28. The summed E-state index contributed by atoms with van der Waals surface area (Å²) in [6.45, 7) is 2.17. The van der Waals surface area contributed by atoms with Gasteiger partial charge in [-0.2, -0.15) is 10.4 Å². The topological polar surface area (TPSA) is 118 Å². The normalized spacial score (nSPS) is 16.2. The van der Waals surface area contributed by atoms with Crippen LogP contribution in [0.5, 0.6) is 0 Å². The van der Waals surface area contributed by atoms with Gasteiger partial charge in [0.05, 0.1) is 35.0 Å². The van der Waals surface area contributed by atoms with E-state index in [0.717, 1.165) is 15.6 Å². The van der Waals surface area contributed by atoms with Crippen LogP contribution >= 0.6 is 0 Å². The van der Waals surface area contributed by atoms with E-state index in [1.165, 1.54) is 11.5 Å². The monoisotopic (exact) mass is 443 g/mol. The predicted octanol–water partition coefficient (Wildman–Crippen LogP) is 2.25. The smallest absolute Gasteiger partial charge is 0.337 e. The number of nitrogens with zero attached hydrogens (tertiary/aromatic N) is 7. The number of aromatic nitrogens is 5. The molecular formula is C23H21N7O3. The van der Waals surface area contributed by atoms with Crippen molar-refractivity contribution in [2.45, 2.75) is 32.2 Å². The van der Waals surface area contributed by atoms with E-state index < -0.39 is 11.6 Å². The Morgan fingerprint density at radius 1 is 1.21 bits per heavy atom. The van der Waals surface area contributed by atoms with Gasteiger partial charge in [-0.05, 0) is 37.1 Å². The number of piperidine rings is 1. The highest BCUT2D eigenvalue weighted by atomic mass is 16.2. The summed E-state index contributed by atoms with van der Waals surface area (Å²) in [7, 11) is 0. The zero-order valence-corrected chi connectivity index (χ0v) is 18.0. The van der Waals surface area contributed by atoms with E-state index in [2.05, 4.69) is 5.10 Å². The number of pyridine rings is 2. The molecular weight excluding hydrogens is 422 g/mol. The number of carbonyl (C=O) groups is 2. The molecule has 0 unspecified atom stereocenters. The largest absolute Gasteiger partial charge is 0.340 e. The van der Waals surface area contributed by atoms with Gasteiger partial charge in [0, 0.05) is 31.8 Å². The molecule has 4 aromatic heterocycles. The fourth-order valence-electron chi connectivity index (χ4n) is 4.58. The van der Waals surface area contributed by atoms with Crippen molar-refractivity contribution in [1.82, 2.24) is 28.6 Å². The minimum absolute atomic E-state index is 0.200. The van der Waals surface area contributed by atoms with Gasteiger partial charge in [-0.15, -0.1) is 0 Å². The van der Waals surface area contributed by atoms with Crippen LogP contribution in [0.1, 0.15) is 37.0 Å². The van der Waals surface area contributed by atoms with Crippen LogP contribution < -0.4 is 5.69 Å². The third-order valence-corrected chi connectivity index (χ3v) is 6.08. The molecule has 4 aromatic rings. The average molecular weight is 443 g/mol. The number of amides is 1. The molecule has 1 amide bonds. The van der Waals surface area contributed by atoms with Gasteiger partial charge in [0.15, 0.2) is 5.65 Å². The molecule has 1 aliphatic rings. The van der Waals surface area contributed by atoms with Crippen molar-refractivity contribution in [3.63, 3.8) is 0 Å². The van der Waals surface area contributed by atoms with Crippen LogP contribution in [0.2, 0.25) is 0 Å². The second-order valence-corrected chi connectivity index (χ2v) is 8.11. The Kier molecular flexibility index (Phi) is 5.01. The highest BCUT2D eigenvalue weighted by Gasteiger charge is 2.29. The lowest BCUT2D eigenvalue weighted by atomic mass is 10.1. The molecule has 1 aliphatic heterocycles. The Morgan fingerprint density at radius 2 is 2.06 bits per heavy atom. The van der Waals surface area contributed by atoms with Gasteiger partial charge in [-0.3, -0.25) is 14.2 Å². The number of nitriles is 1. The molecule has 10 nitrogen and oxygen atoms in total. The van der Waals surface area contributed by atoms with E-state index in [1.807, 2.05) is 30.5 Å². The molecule has 0 aromatic carbocycles. The van der Waals surface area contributed by atoms with Crippen LogP contribution in [0.3, 0.4) is 0 Å². The fraction of sp³-hybridized carbons (Fsp3) is 0.304. The molecule has 1 fully saturated rings. The summed E-state index contributed by atoms with van der Waals surface area (Å²) in [5, 5.41) is 13.2. The van der Waals surface area contributed by atoms with E-state index in [-0.39, 0.29) is 18.4 Å². The summed E-state index contributed by atoms with van der Waals surface area (Å²) in [5.74, 6) is -0.659. The quantitative estimate of drug-likeness (QED) is 0.479. The van der Waals surface area contributed by atoms with Crippen LogP contribution in [0, 0.1) is 11.3 Å². The molecule has 5 rings (SSSR count). The van der Waals surface area contributed by atoms with Crippen LogP contribution in [0.15, 0.2) is 47.5 Å². The highest BCUT2D eigenvalue weighted by molar-refractivity contribution is 5.90. The number of imidazole rings is 1. The Labute approximate surface area is 188 Å². The molecule has 0 spiro atoms. The standard InChI is InChI=1S/C23H21N7O3/c1-15(31)29-20-8-7-18(17-13-25-28-12-3-2-6-19(17)28)26-22(20)30(23(29)33)16-5-4-11-27(14-16)21(32)9-10-24/h2-3,6-8,12-13,16H,4-5,9,11,14H2,1H3/t16-/m0/s1. The van der Waals surface area contributed by atoms with Crippen LogP contribution in [-0.2, 0) is 4.79 Å². The molecule has 0 bridgehead atoms. The first kappa shape index (κ1) is 20.6. The first-order valence-corrected chi connectivity index (χ1v) is 10.7. The number of fused-ring (bicyclic) bond motifs is 2. The minimum Gasteiger partial charge on any atom is -0.340 e. The summed E-state index contributed by atoms with van der Waals surface area (Å²) < 4.78 is 4.39. The van der Waals surface area contributed by atoms with Gasteiger partial charge >= 0.3 is 5.69 Å². The number of carbonyl (C=O) groups excluding carboxylic acids is 2. The molecule has 166 valence electrons. The fourth-order valence-corrected chi connectivity index (χ4v) is 4.58. The van der Waals surface area contributed by atoms with Crippen molar-refractivity contribution in [1.29, 1.82) is 5.26 Å². The summed E-state index contributed by atoms with van der Waals surface area (Å²) in [5.41, 5.74) is 2.65. The second kappa shape index (κ2) is 8.02. The lowest BCUT2D eigenvalue weighted by Gasteiger charge is -2.32. The Bertz CT molecular complexity index is 1500. The second-order valence-electron chi connectivity index (χ2n) is 8.11. The first-order valence-electron chi connectivity index (χ1n) is 10.7. The van der Waals surface area contributed by atoms with Crippen molar-refractivity contribution < 1.29 is 9.59 Å². The zero-order valence-electron chi connectivity index (χ0n) is 18.0. The number of hydrogen-bond acceptors (Lipinski definition) is 6. The third-order valence-electron chi connectivity index (χ3n) is 6.08. The molecule has 1 atom stereocenters. The van der Waals surface area contributed by atoms with Crippen LogP contribution in [0.4, 0.5) is 0 Å². The molecule has 10 heteroatoms. The van der Waals surface area contributed by atoms with Gasteiger partial charge in [-0.1, -0.05) is 6.07 Å². The molecule has 0 radical (unpaired) electrons. The molecule has 33 heavy (non-hydrogen) atoms. The molecule has 0 aliphatic carbocycles. The van der Waals surface area contributed by atoms with Gasteiger partial charge in [0.25, 0.3) is 0 Å². The van der Waals surface area contributed by atoms with E-state index in [4.69, 9.17) is 10.2 Å². The lowest BCUT2D eigenvalue weighted by Crippen LogP contribution is -2.43. The summed E-state index contributed by atoms with van der Waals surface area (Å²) in [6.07, 6.45) is 4.71. The van der Waals surface area contributed by atoms with Crippen LogP contribution in [0.25, 0.3) is 27.9 Å². The minimum atomic E-state index is -0.471. The van der Waals surface area contributed by atoms with Gasteiger partial charge in [-0.25, -0.2) is 18.9 Å². The Hall–Kier alpha value is -4.26. The van der Waals surface area contributed by atoms with Crippen molar-refractivity contribution in [3.05, 3.63) is 53.2 Å². The first-order chi connectivity index (χ1) is 16.0. The number of hydrogen-bond donors (Lipinski definition) is 0. The van der Waals surface area contributed by atoms with Gasteiger partial charge in [0.2, 0.25) is 11.8 Å². The lowest BCUT2D eigenvalue weighted by molar-refractivity contribution is -0.131. The predicted molar refractivity (Wildman–Crippen MR) is 120 cm³/mol. The summed E-state index contributed by atoms with van der Waals surface area (Å²) in [6, 6.07) is 10.8. The maximum Gasteiger partial charge on any atom is 0.337 e. The van der Waals surface area contributed by atoms with Gasteiger partial charge in [0.1, 0.15) is 6.42 Å². The summed E-state index contributed by atoms with van der Waals surface area (Å²) >= 11 is 0. The maximum absolute atomic E-state index is 13.3. The maximum atomic E-state index is 13.3. The Morgan fingerprint density at radius 3 is 2.85 bits per heavy atom. The third kappa shape index (κ3) is 3.38. The molecule has 0 N–H and O–H groups in total. The van der Waals surface area contributed by atoms with Crippen LogP contribution in [-0.4, -0.2) is 53.5 Å². The van der Waals surface area contributed by atoms with Crippen molar-refractivity contribution in [2.75, 3.05) is 13.1 Å². The van der Waals surface area contributed by atoms with E-state index in [1.54, 1.807) is 27.7 Å². The molecule has 1 saturated heterocycles. The average Bonchev–Trinajstić information content (AvgIpc) is 3.37. The van der Waals surface area contributed by atoms with Gasteiger partial charge < -0.3 is 4.90 Å². The Balaban J connectivity index is 1.66. The number of rotatable bonds is 3. The van der Waals surface area contributed by atoms with E-state index >= 15 is 0 Å². The zero-order chi connectivity index (χ0) is 23.1. The number of likely N-dealkylation sites (tertiary alicyclic amines) is 1. The SMILES string of the molecule is CC(=O)n1c(=O)n([C@H]2CCCN(C(=O)CC#N)C2)c2nc(-c3cnn4ccccc34)ccc21. The van der Waals surface area contributed by atoms with E-state index in [0.29, 0.717) is 42.8 Å².